The van der Waals surface area contributed by atoms with Crippen LogP contribution in [0.25, 0.3) is 10.9 Å². The maximum atomic E-state index is 4.39. The molecule has 0 saturated heterocycles. The van der Waals surface area contributed by atoms with E-state index in [2.05, 4.69) is 52.3 Å². The van der Waals surface area contributed by atoms with Crippen molar-refractivity contribution in [1.29, 1.82) is 0 Å². The van der Waals surface area contributed by atoms with Crippen molar-refractivity contribution in [3.63, 3.8) is 0 Å². The van der Waals surface area contributed by atoms with Gasteiger partial charge in [0, 0.05) is 25.0 Å². The van der Waals surface area contributed by atoms with Crippen molar-refractivity contribution in [2.75, 3.05) is 33.7 Å². The Labute approximate surface area is 102 Å². The molecule has 4 heteroatoms. The van der Waals surface area contributed by atoms with Crippen LogP contribution in [0.1, 0.15) is 0 Å². The van der Waals surface area contributed by atoms with Crippen LogP contribution in [-0.4, -0.2) is 48.4 Å². The number of para-hydroxylation sites is 1. The molecule has 0 aliphatic carbocycles. The van der Waals surface area contributed by atoms with Crippen LogP contribution in [0.15, 0.2) is 30.5 Å². The molecule has 2 aromatic rings. The maximum absolute atomic E-state index is 4.39. The molecule has 0 spiro atoms. The smallest absolute Gasteiger partial charge is 0.0682 e. The number of hydrogen-bond donors (Lipinski definition) is 1. The van der Waals surface area contributed by atoms with E-state index in [9.17, 15) is 0 Å². The molecular weight excluding hydrogens is 212 g/mol. The first-order chi connectivity index (χ1) is 8.27. The van der Waals surface area contributed by atoms with Gasteiger partial charge in [-0.15, -0.1) is 0 Å². The largest absolute Gasteiger partial charge is 0.314 e. The minimum atomic E-state index is 0.918. The summed E-state index contributed by atoms with van der Waals surface area (Å²) in [5.74, 6) is 0. The number of nitrogens with one attached hydrogen (secondary N) is 1. The van der Waals surface area contributed by atoms with Crippen molar-refractivity contribution in [3.05, 3.63) is 30.5 Å². The average Bonchev–Trinajstić information content (AvgIpc) is 2.72. The molecule has 1 N–H and O–H groups in total. The number of fused-ring (bicyclic) bond motifs is 1. The molecule has 4 nitrogen and oxygen atoms in total. The van der Waals surface area contributed by atoms with E-state index in [1.165, 1.54) is 10.9 Å². The summed E-state index contributed by atoms with van der Waals surface area (Å²) in [6.07, 6.45) is 1.93. The number of hydrogen-bond acceptors (Lipinski definition) is 3. The summed E-state index contributed by atoms with van der Waals surface area (Å²) in [4.78, 5) is 2.18. The van der Waals surface area contributed by atoms with Gasteiger partial charge in [-0.3, -0.25) is 4.68 Å². The number of nitrogens with zero attached hydrogens (tertiary/aromatic N) is 3. The molecule has 92 valence electrons. The van der Waals surface area contributed by atoms with E-state index in [4.69, 9.17) is 0 Å². The van der Waals surface area contributed by atoms with Gasteiger partial charge in [-0.05, 0) is 20.2 Å². The van der Waals surface area contributed by atoms with Crippen LogP contribution in [0, 0.1) is 0 Å². The molecule has 1 heterocycles. The minimum absolute atomic E-state index is 0.918. The van der Waals surface area contributed by atoms with Gasteiger partial charge in [0.15, 0.2) is 0 Å². The lowest BCUT2D eigenvalue weighted by molar-refractivity contribution is 0.397. The predicted octanol–water partition coefficient (Wildman–Crippen LogP) is 1.19. The van der Waals surface area contributed by atoms with Crippen molar-refractivity contribution in [1.82, 2.24) is 20.0 Å². The highest BCUT2D eigenvalue weighted by molar-refractivity contribution is 5.78. The van der Waals surface area contributed by atoms with Crippen LogP contribution in [0.2, 0.25) is 0 Å². The van der Waals surface area contributed by atoms with E-state index < -0.39 is 0 Å². The van der Waals surface area contributed by atoms with Crippen molar-refractivity contribution in [3.8, 4) is 0 Å². The standard InChI is InChI=1S/C13H20N4/c1-16(2)9-7-14-8-10-17-13-6-4-3-5-12(13)11-15-17/h3-6,11,14H,7-10H2,1-2H3. The second kappa shape index (κ2) is 5.80. The van der Waals surface area contributed by atoms with Crippen LogP contribution in [0.4, 0.5) is 0 Å². The quantitative estimate of drug-likeness (QED) is 0.759. The number of rotatable bonds is 6. The molecule has 0 aliphatic heterocycles. The topological polar surface area (TPSA) is 33.1 Å². The molecule has 0 fully saturated rings. The molecule has 0 bridgehead atoms. The third-order valence-electron chi connectivity index (χ3n) is 2.79. The molecule has 2 rings (SSSR count). The summed E-state index contributed by atoms with van der Waals surface area (Å²) in [5.41, 5.74) is 1.21. The number of benzene rings is 1. The predicted molar refractivity (Wildman–Crippen MR) is 71.2 cm³/mol. The lowest BCUT2D eigenvalue weighted by atomic mass is 10.3. The van der Waals surface area contributed by atoms with Gasteiger partial charge in [0.05, 0.1) is 18.3 Å². The summed E-state index contributed by atoms with van der Waals surface area (Å²) in [6.45, 7) is 3.96. The van der Waals surface area contributed by atoms with Crippen LogP contribution in [-0.2, 0) is 6.54 Å². The number of likely N-dealkylation sites (N-methyl/N-ethyl adjacent to an activating group) is 1. The maximum Gasteiger partial charge on any atom is 0.0682 e. The fourth-order valence-electron chi connectivity index (χ4n) is 1.82. The molecule has 0 aliphatic rings. The molecule has 1 aromatic carbocycles. The zero-order chi connectivity index (χ0) is 12.1. The Kier molecular flexibility index (Phi) is 4.12. The first-order valence-electron chi connectivity index (χ1n) is 6.03. The molecule has 0 unspecified atom stereocenters. The Bertz CT molecular complexity index is 461. The molecule has 0 radical (unpaired) electrons. The van der Waals surface area contributed by atoms with E-state index in [1.54, 1.807) is 0 Å². The lowest BCUT2D eigenvalue weighted by Crippen LogP contribution is -2.29. The molecular formula is C13H20N4. The minimum Gasteiger partial charge on any atom is -0.314 e. The van der Waals surface area contributed by atoms with Gasteiger partial charge in [0.25, 0.3) is 0 Å². The Balaban J connectivity index is 1.83. The Morgan fingerprint density at radius 2 is 2.06 bits per heavy atom. The van der Waals surface area contributed by atoms with Crippen molar-refractivity contribution >= 4 is 10.9 Å². The summed E-state index contributed by atoms with van der Waals surface area (Å²) >= 11 is 0. The Morgan fingerprint density at radius 3 is 2.88 bits per heavy atom. The normalized spacial score (nSPS) is 11.5. The van der Waals surface area contributed by atoms with E-state index in [0.29, 0.717) is 0 Å². The highest BCUT2D eigenvalue weighted by Gasteiger charge is 2.00. The summed E-state index contributed by atoms with van der Waals surface area (Å²) in [7, 11) is 4.17. The van der Waals surface area contributed by atoms with Gasteiger partial charge in [-0.25, -0.2) is 0 Å². The van der Waals surface area contributed by atoms with Crippen LogP contribution < -0.4 is 5.32 Å². The molecule has 1 aromatic heterocycles. The second-order valence-electron chi connectivity index (χ2n) is 4.48. The molecule has 0 saturated carbocycles. The molecule has 0 amide bonds. The zero-order valence-electron chi connectivity index (χ0n) is 10.6. The Morgan fingerprint density at radius 1 is 1.24 bits per heavy atom. The van der Waals surface area contributed by atoms with E-state index in [-0.39, 0.29) is 0 Å². The monoisotopic (exact) mass is 232 g/mol. The first-order valence-corrected chi connectivity index (χ1v) is 6.03. The fraction of sp³-hybridized carbons (Fsp3) is 0.462. The Hall–Kier alpha value is -1.39. The zero-order valence-corrected chi connectivity index (χ0v) is 10.6. The number of aromatic nitrogens is 2. The van der Waals surface area contributed by atoms with Crippen molar-refractivity contribution in [2.45, 2.75) is 6.54 Å². The highest BCUT2D eigenvalue weighted by atomic mass is 15.3. The third kappa shape index (κ3) is 3.28. The van der Waals surface area contributed by atoms with Crippen LogP contribution in [0.5, 0.6) is 0 Å². The molecule has 17 heavy (non-hydrogen) atoms. The van der Waals surface area contributed by atoms with E-state index >= 15 is 0 Å². The van der Waals surface area contributed by atoms with Gasteiger partial charge < -0.3 is 10.2 Å². The lowest BCUT2D eigenvalue weighted by Gasteiger charge is -2.10. The summed E-state index contributed by atoms with van der Waals surface area (Å²) < 4.78 is 2.05. The first kappa shape index (κ1) is 12.1. The fourth-order valence-corrected chi connectivity index (χ4v) is 1.82. The third-order valence-corrected chi connectivity index (χ3v) is 2.79. The average molecular weight is 232 g/mol. The van der Waals surface area contributed by atoms with E-state index in [0.717, 1.165) is 26.2 Å². The van der Waals surface area contributed by atoms with Crippen LogP contribution >= 0.6 is 0 Å². The van der Waals surface area contributed by atoms with Crippen molar-refractivity contribution in [2.24, 2.45) is 0 Å². The van der Waals surface area contributed by atoms with Gasteiger partial charge in [0.1, 0.15) is 0 Å². The second-order valence-corrected chi connectivity index (χ2v) is 4.48. The SMILES string of the molecule is CN(C)CCNCCn1ncc2ccccc21. The summed E-state index contributed by atoms with van der Waals surface area (Å²) in [5, 5.41) is 9.02. The molecule has 0 atom stereocenters. The van der Waals surface area contributed by atoms with Gasteiger partial charge in [-0.1, -0.05) is 18.2 Å². The van der Waals surface area contributed by atoms with Gasteiger partial charge in [-0.2, -0.15) is 5.10 Å². The highest BCUT2D eigenvalue weighted by Crippen LogP contribution is 2.11. The van der Waals surface area contributed by atoms with Crippen molar-refractivity contribution < 1.29 is 0 Å². The van der Waals surface area contributed by atoms with Gasteiger partial charge in [0.2, 0.25) is 0 Å². The van der Waals surface area contributed by atoms with E-state index in [1.807, 2.05) is 12.3 Å². The van der Waals surface area contributed by atoms with Gasteiger partial charge >= 0.3 is 0 Å². The van der Waals surface area contributed by atoms with Crippen LogP contribution in [0.3, 0.4) is 0 Å². The summed E-state index contributed by atoms with van der Waals surface area (Å²) in [6, 6.07) is 8.31.